The van der Waals surface area contributed by atoms with Gasteiger partial charge in [0.1, 0.15) is 0 Å². The lowest BCUT2D eigenvalue weighted by molar-refractivity contribution is -0.118. The molecule has 0 aliphatic rings. The Morgan fingerprint density at radius 1 is 1.35 bits per heavy atom. The third-order valence-corrected chi connectivity index (χ3v) is 4.52. The summed E-state index contributed by atoms with van der Waals surface area (Å²) in [7, 11) is 1.97. The summed E-state index contributed by atoms with van der Waals surface area (Å²) in [6.45, 7) is 6.21. The molecule has 0 fully saturated rings. The molecule has 2 rings (SSSR count). The zero-order valence-corrected chi connectivity index (χ0v) is 14.9. The van der Waals surface area contributed by atoms with Gasteiger partial charge >= 0.3 is 0 Å². The van der Waals surface area contributed by atoms with Crippen LogP contribution in [-0.4, -0.2) is 41.0 Å². The monoisotopic (exact) mass is 335 g/mol. The highest BCUT2D eigenvalue weighted by molar-refractivity contribution is 7.99. The third kappa shape index (κ3) is 5.55. The van der Waals surface area contributed by atoms with E-state index < -0.39 is 0 Å². The van der Waals surface area contributed by atoms with Crippen molar-refractivity contribution >= 4 is 28.7 Å². The van der Waals surface area contributed by atoms with Crippen molar-refractivity contribution in [1.29, 1.82) is 0 Å². The van der Waals surface area contributed by atoms with Gasteiger partial charge in [-0.05, 0) is 24.5 Å². The van der Waals surface area contributed by atoms with Crippen LogP contribution in [-0.2, 0) is 16.6 Å². The topological polar surface area (TPSA) is 56.1 Å². The third-order valence-electron chi connectivity index (χ3n) is 3.49. The molecule has 0 aliphatic carbocycles. The van der Waals surface area contributed by atoms with Crippen molar-refractivity contribution in [1.82, 2.24) is 14.9 Å². The highest BCUT2D eigenvalue weighted by atomic mass is 32.2. The zero-order valence-electron chi connectivity index (χ0n) is 14.0. The van der Waals surface area contributed by atoms with Crippen molar-refractivity contribution in [3.05, 3.63) is 24.3 Å². The summed E-state index contributed by atoms with van der Waals surface area (Å²) in [5.74, 6) is 1.02. The van der Waals surface area contributed by atoms with E-state index in [0.717, 1.165) is 29.2 Å². The number of para-hydroxylation sites is 2. The molecule has 0 unspecified atom stereocenters. The van der Waals surface area contributed by atoms with Gasteiger partial charge in [-0.15, -0.1) is 0 Å². The average molecular weight is 335 g/mol. The van der Waals surface area contributed by atoms with Crippen LogP contribution in [0.25, 0.3) is 11.0 Å². The number of fused-ring (bicyclic) bond motifs is 1. The van der Waals surface area contributed by atoms with Crippen LogP contribution < -0.4 is 5.32 Å². The Labute approximate surface area is 141 Å². The molecule has 1 aromatic carbocycles. The van der Waals surface area contributed by atoms with Crippen LogP contribution in [0.3, 0.4) is 0 Å². The van der Waals surface area contributed by atoms with Gasteiger partial charge in [0.15, 0.2) is 5.16 Å². The van der Waals surface area contributed by atoms with Crippen molar-refractivity contribution in [2.75, 3.05) is 25.5 Å². The highest BCUT2D eigenvalue weighted by Crippen LogP contribution is 2.22. The number of carbonyl (C=O) groups excluding carboxylic acids is 1. The number of rotatable bonds is 9. The van der Waals surface area contributed by atoms with Crippen LogP contribution in [0, 0.1) is 5.92 Å². The van der Waals surface area contributed by atoms with E-state index in [9.17, 15) is 4.79 Å². The summed E-state index contributed by atoms with van der Waals surface area (Å²) < 4.78 is 7.49. The van der Waals surface area contributed by atoms with E-state index in [4.69, 9.17) is 4.74 Å². The van der Waals surface area contributed by atoms with Crippen LogP contribution in [0.1, 0.15) is 20.3 Å². The lowest BCUT2D eigenvalue weighted by Crippen LogP contribution is -2.29. The number of carbonyl (C=O) groups is 1. The number of aromatic nitrogens is 2. The van der Waals surface area contributed by atoms with Crippen molar-refractivity contribution in [2.24, 2.45) is 13.0 Å². The molecule has 126 valence electrons. The van der Waals surface area contributed by atoms with E-state index in [1.54, 1.807) is 0 Å². The van der Waals surface area contributed by atoms with E-state index in [1.165, 1.54) is 11.8 Å². The second-order valence-corrected chi connectivity index (χ2v) is 6.82. The van der Waals surface area contributed by atoms with Crippen LogP contribution in [0.15, 0.2) is 29.4 Å². The fraction of sp³-hybridized carbons (Fsp3) is 0.529. The van der Waals surface area contributed by atoms with Crippen molar-refractivity contribution < 1.29 is 9.53 Å². The maximum atomic E-state index is 11.9. The molecule has 0 radical (unpaired) electrons. The van der Waals surface area contributed by atoms with Gasteiger partial charge in [0.2, 0.25) is 5.91 Å². The number of hydrogen-bond donors (Lipinski definition) is 1. The van der Waals surface area contributed by atoms with Gasteiger partial charge in [0, 0.05) is 20.2 Å². The fourth-order valence-corrected chi connectivity index (χ4v) is 2.93. The summed E-state index contributed by atoms with van der Waals surface area (Å²) in [6.07, 6.45) is 1.05. The quantitative estimate of drug-likeness (QED) is 0.565. The predicted molar refractivity (Wildman–Crippen MR) is 94.7 cm³/mol. The Hall–Kier alpha value is -1.53. The summed E-state index contributed by atoms with van der Waals surface area (Å²) >= 11 is 1.45. The molecule has 0 bridgehead atoms. The van der Waals surface area contributed by atoms with Gasteiger partial charge in [0.05, 0.1) is 23.4 Å². The zero-order chi connectivity index (χ0) is 16.7. The molecular weight excluding hydrogens is 310 g/mol. The minimum Gasteiger partial charge on any atom is -0.380 e. The van der Waals surface area contributed by atoms with Gasteiger partial charge in [-0.2, -0.15) is 0 Å². The summed E-state index contributed by atoms with van der Waals surface area (Å²) in [4.78, 5) is 16.4. The van der Waals surface area contributed by atoms with Gasteiger partial charge in [0.25, 0.3) is 0 Å². The second-order valence-electron chi connectivity index (χ2n) is 5.88. The Bertz CT molecular complexity index is 640. The standard InChI is InChI=1S/C17H25N3O2S/c1-13(2)8-10-22-11-9-18-16(21)12-23-17-19-14-6-4-5-7-15(14)20(17)3/h4-7,13H,8-12H2,1-3H3,(H,18,21). The lowest BCUT2D eigenvalue weighted by Gasteiger charge is -2.07. The highest BCUT2D eigenvalue weighted by Gasteiger charge is 2.09. The molecule has 23 heavy (non-hydrogen) atoms. The number of benzene rings is 1. The van der Waals surface area contributed by atoms with Crippen molar-refractivity contribution in [3.63, 3.8) is 0 Å². The molecule has 0 aliphatic heterocycles. The van der Waals surface area contributed by atoms with Gasteiger partial charge in [-0.3, -0.25) is 4.79 Å². The largest absolute Gasteiger partial charge is 0.380 e. The predicted octanol–water partition coefficient (Wildman–Crippen LogP) is 2.84. The minimum atomic E-state index is 0.00881. The van der Waals surface area contributed by atoms with E-state index in [-0.39, 0.29) is 5.91 Å². The fourth-order valence-electron chi connectivity index (χ4n) is 2.12. The Kier molecular flexibility index (Phi) is 6.92. The number of ether oxygens (including phenoxy) is 1. The normalized spacial score (nSPS) is 11.3. The van der Waals surface area contributed by atoms with Crippen molar-refractivity contribution in [3.8, 4) is 0 Å². The molecule has 1 N–H and O–H groups in total. The molecule has 0 saturated heterocycles. The molecule has 1 heterocycles. The number of hydrogen-bond acceptors (Lipinski definition) is 4. The maximum Gasteiger partial charge on any atom is 0.230 e. The van der Waals surface area contributed by atoms with Gasteiger partial charge < -0.3 is 14.6 Å². The number of nitrogens with zero attached hydrogens (tertiary/aromatic N) is 2. The number of nitrogens with one attached hydrogen (secondary N) is 1. The first kappa shape index (κ1) is 17.8. The Balaban J connectivity index is 1.68. The maximum absolute atomic E-state index is 11.9. The number of imidazole rings is 1. The molecule has 6 heteroatoms. The van der Waals surface area contributed by atoms with Gasteiger partial charge in [-0.25, -0.2) is 4.98 Å². The molecule has 2 aromatic rings. The first-order valence-electron chi connectivity index (χ1n) is 7.96. The molecule has 1 aromatic heterocycles. The van der Waals surface area contributed by atoms with Crippen molar-refractivity contribution in [2.45, 2.75) is 25.4 Å². The van der Waals surface area contributed by atoms with Gasteiger partial charge in [-0.1, -0.05) is 37.7 Å². The molecular formula is C17H25N3O2S. The molecule has 5 nitrogen and oxygen atoms in total. The van der Waals surface area contributed by atoms with E-state index in [2.05, 4.69) is 24.1 Å². The average Bonchev–Trinajstić information content (AvgIpc) is 2.85. The SMILES string of the molecule is CC(C)CCOCCNC(=O)CSc1nc2ccccc2n1C. The second kappa shape index (κ2) is 8.93. The molecule has 0 saturated carbocycles. The van der Waals surface area contributed by atoms with E-state index in [1.807, 2.05) is 35.9 Å². The smallest absolute Gasteiger partial charge is 0.230 e. The first-order chi connectivity index (χ1) is 11.1. The molecule has 0 spiro atoms. The summed E-state index contributed by atoms with van der Waals surface area (Å²) in [5, 5.41) is 3.73. The number of amides is 1. The first-order valence-corrected chi connectivity index (χ1v) is 8.95. The molecule has 1 amide bonds. The van der Waals surface area contributed by atoms with Crippen LogP contribution in [0.5, 0.6) is 0 Å². The Morgan fingerprint density at radius 3 is 2.87 bits per heavy atom. The molecule has 0 atom stereocenters. The number of thioether (sulfide) groups is 1. The number of aryl methyl sites for hydroxylation is 1. The van der Waals surface area contributed by atoms with Crippen LogP contribution in [0.4, 0.5) is 0 Å². The minimum absolute atomic E-state index is 0.00881. The van der Waals surface area contributed by atoms with Crippen LogP contribution in [0.2, 0.25) is 0 Å². The Morgan fingerprint density at radius 2 is 2.13 bits per heavy atom. The van der Waals surface area contributed by atoms with E-state index in [0.29, 0.717) is 24.8 Å². The van der Waals surface area contributed by atoms with Crippen LogP contribution >= 0.6 is 11.8 Å². The summed E-state index contributed by atoms with van der Waals surface area (Å²) in [6, 6.07) is 7.97. The van der Waals surface area contributed by atoms with E-state index >= 15 is 0 Å². The lowest BCUT2D eigenvalue weighted by atomic mass is 10.1. The summed E-state index contributed by atoms with van der Waals surface area (Å²) in [5.41, 5.74) is 2.03.